The summed E-state index contributed by atoms with van der Waals surface area (Å²) in [6.45, 7) is 0.336. The van der Waals surface area contributed by atoms with Gasteiger partial charge in [-0.1, -0.05) is 6.07 Å². The number of methoxy groups -OCH3 is 1. The Morgan fingerprint density at radius 2 is 2.00 bits per heavy atom. The molecule has 1 aromatic carbocycles. The number of guanidine groups is 1. The minimum atomic E-state index is -2.91. The predicted molar refractivity (Wildman–Crippen MR) is 110 cm³/mol. The molecule has 0 atom stereocenters. The zero-order valence-electron chi connectivity index (χ0n) is 17.1. The predicted octanol–water partition coefficient (Wildman–Crippen LogP) is 3.01. The third-order valence-electron chi connectivity index (χ3n) is 3.97. The Bertz CT molecular complexity index is 815. The molecule has 158 valence electrons. The molecule has 0 fully saturated rings. The van der Waals surface area contributed by atoms with Crippen LogP contribution in [0.1, 0.15) is 18.1 Å². The van der Waals surface area contributed by atoms with Crippen LogP contribution < -0.4 is 25.0 Å². The molecule has 2 rings (SSSR count). The molecule has 1 aromatic heterocycles. The second-order valence-electron chi connectivity index (χ2n) is 6.28. The summed E-state index contributed by atoms with van der Waals surface area (Å²) in [5.74, 6) is 2.02. The Morgan fingerprint density at radius 1 is 1.21 bits per heavy atom. The van der Waals surface area contributed by atoms with Gasteiger partial charge in [0.1, 0.15) is 17.3 Å². The highest BCUT2D eigenvalue weighted by molar-refractivity contribution is 5.80. The van der Waals surface area contributed by atoms with Gasteiger partial charge in [-0.25, -0.2) is 9.98 Å². The van der Waals surface area contributed by atoms with Crippen molar-refractivity contribution in [3.05, 3.63) is 47.7 Å². The van der Waals surface area contributed by atoms with Crippen molar-refractivity contribution in [3.63, 3.8) is 0 Å². The van der Waals surface area contributed by atoms with Gasteiger partial charge in [0.25, 0.3) is 0 Å². The lowest BCUT2D eigenvalue weighted by Gasteiger charge is -2.17. The number of aromatic nitrogens is 1. The Morgan fingerprint density at radius 3 is 2.66 bits per heavy atom. The monoisotopic (exact) mass is 407 g/mol. The molecule has 0 aliphatic carbocycles. The summed E-state index contributed by atoms with van der Waals surface area (Å²) >= 11 is 0. The largest absolute Gasteiger partial charge is 0.497 e. The van der Waals surface area contributed by atoms with Crippen LogP contribution in [0.15, 0.2) is 41.5 Å². The molecule has 0 unspecified atom stereocenters. The van der Waals surface area contributed by atoms with E-state index in [2.05, 4.69) is 25.3 Å². The van der Waals surface area contributed by atoms with Crippen molar-refractivity contribution in [1.82, 2.24) is 15.6 Å². The van der Waals surface area contributed by atoms with Crippen LogP contribution in [0.3, 0.4) is 0 Å². The van der Waals surface area contributed by atoms with Gasteiger partial charge in [0.2, 0.25) is 0 Å². The van der Waals surface area contributed by atoms with Crippen molar-refractivity contribution in [3.8, 4) is 11.5 Å². The first-order valence-electron chi connectivity index (χ1n) is 9.19. The van der Waals surface area contributed by atoms with E-state index in [1.807, 2.05) is 38.1 Å². The zero-order valence-corrected chi connectivity index (χ0v) is 17.1. The standard InChI is InChI=1S/C20H27F2N5O2/c1-5-23-20(25-12-14-7-6-10-24-18(14)27(2)3)26-13-15-11-16(28-4)8-9-17(15)29-19(21)22/h6-11,19H,5,12-13H2,1-4H3,(H2,23,25,26). The van der Waals surface area contributed by atoms with E-state index in [1.165, 1.54) is 13.2 Å². The molecule has 0 aliphatic rings. The number of rotatable bonds is 9. The van der Waals surface area contributed by atoms with E-state index in [4.69, 9.17) is 4.74 Å². The summed E-state index contributed by atoms with van der Waals surface area (Å²) in [6, 6.07) is 8.51. The third-order valence-corrected chi connectivity index (χ3v) is 3.97. The highest BCUT2D eigenvalue weighted by Crippen LogP contribution is 2.26. The Kier molecular flexibility index (Phi) is 8.45. The molecule has 0 aliphatic heterocycles. The minimum Gasteiger partial charge on any atom is -0.497 e. The number of nitrogens with zero attached hydrogens (tertiary/aromatic N) is 3. The average molecular weight is 407 g/mol. The maximum atomic E-state index is 12.7. The highest BCUT2D eigenvalue weighted by atomic mass is 19.3. The van der Waals surface area contributed by atoms with Crippen LogP contribution in [0.2, 0.25) is 0 Å². The number of hydrogen-bond donors (Lipinski definition) is 2. The first kappa shape index (κ1) is 22.2. The van der Waals surface area contributed by atoms with Crippen LogP contribution in [-0.2, 0) is 13.1 Å². The van der Waals surface area contributed by atoms with E-state index >= 15 is 0 Å². The molecule has 7 nitrogen and oxygen atoms in total. The number of anilines is 1. The Hall–Kier alpha value is -3.10. The van der Waals surface area contributed by atoms with Crippen molar-refractivity contribution >= 4 is 11.8 Å². The number of aliphatic imine (C=N–C) groups is 1. The van der Waals surface area contributed by atoms with Crippen molar-refractivity contribution in [2.45, 2.75) is 26.6 Å². The van der Waals surface area contributed by atoms with Crippen molar-refractivity contribution in [2.24, 2.45) is 4.99 Å². The normalized spacial score (nSPS) is 11.3. The van der Waals surface area contributed by atoms with Gasteiger partial charge in [0.05, 0.1) is 13.7 Å². The lowest BCUT2D eigenvalue weighted by Crippen LogP contribution is -2.37. The summed E-state index contributed by atoms with van der Waals surface area (Å²) in [6.07, 6.45) is 1.74. The fourth-order valence-corrected chi connectivity index (χ4v) is 2.67. The maximum Gasteiger partial charge on any atom is 0.387 e. The number of benzene rings is 1. The van der Waals surface area contributed by atoms with Crippen LogP contribution in [0.25, 0.3) is 0 Å². The summed E-state index contributed by atoms with van der Waals surface area (Å²) in [4.78, 5) is 10.8. The molecular weight excluding hydrogens is 380 g/mol. The van der Waals surface area contributed by atoms with Gasteiger partial charge in [-0.05, 0) is 31.2 Å². The first-order chi connectivity index (χ1) is 13.9. The first-order valence-corrected chi connectivity index (χ1v) is 9.19. The highest BCUT2D eigenvalue weighted by Gasteiger charge is 2.12. The number of pyridine rings is 1. The summed E-state index contributed by atoms with van der Waals surface area (Å²) in [5.41, 5.74) is 1.50. The Balaban J connectivity index is 2.17. The third kappa shape index (κ3) is 6.78. The van der Waals surface area contributed by atoms with E-state index in [1.54, 1.807) is 18.3 Å². The smallest absolute Gasteiger partial charge is 0.387 e. The van der Waals surface area contributed by atoms with Gasteiger partial charge in [0.15, 0.2) is 5.96 Å². The van der Waals surface area contributed by atoms with E-state index in [-0.39, 0.29) is 12.3 Å². The molecule has 2 aromatic rings. The maximum absolute atomic E-state index is 12.7. The molecule has 2 N–H and O–H groups in total. The van der Waals surface area contributed by atoms with E-state index < -0.39 is 6.61 Å². The molecule has 0 spiro atoms. The molecule has 0 amide bonds. The summed E-state index contributed by atoms with van der Waals surface area (Å²) in [7, 11) is 5.37. The van der Waals surface area contributed by atoms with E-state index in [9.17, 15) is 8.78 Å². The number of halogens is 2. The number of hydrogen-bond acceptors (Lipinski definition) is 5. The summed E-state index contributed by atoms with van der Waals surface area (Å²) in [5, 5.41) is 6.39. The average Bonchev–Trinajstić information content (AvgIpc) is 2.70. The quantitative estimate of drug-likeness (QED) is 0.492. The van der Waals surface area contributed by atoms with Crippen LogP contribution >= 0.6 is 0 Å². The van der Waals surface area contributed by atoms with Gasteiger partial charge in [-0.3, -0.25) is 0 Å². The molecule has 0 saturated heterocycles. The number of ether oxygens (including phenoxy) is 2. The lowest BCUT2D eigenvalue weighted by molar-refractivity contribution is -0.0504. The van der Waals surface area contributed by atoms with Gasteiger partial charge in [-0.15, -0.1) is 0 Å². The van der Waals surface area contributed by atoms with Gasteiger partial charge in [0, 0.05) is 44.5 Å². The lowest BCUT2D eigenvalue weighted by atomic mass is 10.2. The van der Waals surface area contributed by atoms with Crippen LogP contribution in [-0.4, -0.2) is 45.3 Å². The molecule has 0 saturated carbocycles. The van der Waals surface area contributed by atoms with Crippen molar-refractivity contribution in [1.29, 1.82) is 0 Å². The molecule has 9 heteroatoms. The molecule has 0 radical (unpaired) electrons. The Labute approximate surface area is 169 Å². The second-order valence-corrected chi connectivity index (χ2v) is 6.28. The van der Waals surface area contributed by atoms with Crippen LogP contribution in [0, 0.1) is 0 Å². The van der Waals surface area contributed by atoms with Gasteiger partial charge >= 0.3 is 6.61 Å². The van der Waals surface area contributed by atoms with Gasteiger partial charge < -0.3 is 25.0 Å². The van der Waals surface area contributed by atoms with Crippen LogP contribution in [0.5, 0.6) is 11.5 Å². The summed E-state index contributed by atoms with van der Waals surface area (Å²) < 4.78 is 35.2. The van der Waals surface area contributed by atoms with Crippen molar-refractivity contribution in [2.75, 3.05) is 32.6 Å². The molecule has 1 heterocycles. The van der Waals surface area contributed by atoms with Crippen molar-refractivity contribution < 1.29 is 18.3 Å². The topological polar surface area (TPSA) is 71.0 Å². The fourth-order valence-electron chi connectivity index (χ4n) is 2.67. The van der Waals surface area contributed by atoms with Crippen LogP contribution in [0.4, 0.5) is 14.6 Å². The SMILES string of the molecule is CCNC(=NCc1cc(OC)ccc1OC(F)F)NCc1cccnc1N(C)C. The zero-order chi connectivity index (χ0) is 21.2. The van der Waals surface area contributed by atoms with E-state index in [0.29, 0.717) is 30.4 Å². The number of nitrogens with one attached hydrogen (secondary N) is 2. The fraction of sp³-hybridized carbons (Fsp3) is 0.400. The number of alkyl halides is 2. The minimum absolute atomic E-state index is 0.0718. The van der Waals surface area contributed by atoms with E-state index in [0.717, 1.165) is 11.4 Å². The molecular formula is C20H27F2N5O2. The second kappa shape index (κ2) is 11.0. The molecule has 29 heavy (non-hydrogen) atoms. The molecule has 0 bridgehead atoms. The van der Waals surface area contributed by atoms with Gasteiger partial charge in [-0.2, -0.15) is 8.78 Å².